The average molecular weight is 951 g/mol. The van der Waals surface area contributed by atoms with E-state index < -0.39 is 57.8 Å². The van der Waals surface area contributed by atoms with E-state index in [0.29, 0.717) is 19.3 Å². The van der Waals surface area contributed by atoms with Crippen LogP contribution in [-0.2, 0) is 42.2 Å². The predicted octanol–water partition coefficient (Wildman–Crippen LogP) is 14.8. The zero-order valence-electron chi connectivity index (χ0n) is 41.9. The van der Waals surface area contributed by atoms with Crippen LogP contribution >= 0.6 is 7.82 Å². The zero-order valence-corrected chi connectivity index (χ0v) is 42.8. The molecule has 0 rings (SSSR count). The second-order valence-corrected chi connectivity index (χ2v) is 18.8. The van der Waals surface area contributed by atoms with Crippen LogP contribution in [0.15, 0.2) is 60.8 Å². The molecule has 11 nitrogen and oxygen atoms in total. The minimum Gasteiger partial charge on any atom is -0.462 e. The standard InChI is InChI=1S/C54H95O11P/c1-4-7-10-13-16-19-22-24-25-27-30-33-36-39-42-45-54(58)65-51(47-61-52(56)43-40-37-34-31-28-21-18-15-12-9-6-3)49-63-66(59,60)62-48-50(46-55)64-53(57)44-41-38-35-32-29-26-23-20-17-14-11-8-5-2/h7,10,16,19-20,23-25,30,33,50-51,55H,4-6,8-9,11-15,17-18,21-22,26-29,31-32,34-49H2,1-3H3,(H,59,60)/b10-7-,19-16-,23-20-,25-24-,33-30-. The summed E-state index contributed by atoms with van der Waals surface area (Å²) in [6, 6.07) is 0. The number of carbonyl (C=O) groups is 3. The van der Waals surface area contributed by atoms with Crippen molar-refractivity contribution in [3.8, 4) is 0 Å². The summed E-state index contributed by atoms with van der Waals surface area (Å²) in [7, 11) is -4.75. The largest absolute Gasteiger partial charge is 0.472 e. The smallest absolute Gasteiger partial charge is 0.462 e. The number of phosphoric ester groups is 1. The van der Waals surface area contributed by atoms with Gasteiger partial charge < -0.3 is 24.2 Å². The lowest BCUT2D eigenvalue weighted by molar-refractivity contribution is -0.161. The minimum atomic E-state index is -4.75. The van der Waals surface area contributed by atoms with Crippen molar-refractivity contribution in [1.29, 1.82) is 0 Å². The normalized spacial score (nSPS) is 14.0. The number of aliphatic hydroxyl groups is 1. The molecule has 0 aliphatic carbocycles. The van der Waals surface area contributed by atoms with Gasteiger partial charge in [0.1, 0.15) is 12.7 Å². The van der Waals surface area contributed by atoms with E-state index in [-0.39, 0.29) is 25.9 Å². The SMILES string of the molecule is CC/C=C\C/C=C\C/C=C\C/C=C\CCCCC(=O)OC(COC(=O)CCCCCCCCCCCCC)COP(=O)(O)OCC(CO)OC(=O)CCCCCCC/C=C\CCCCCC. The first-order valence-corrected chi connectivity index (χ1v) is 27.7. The minimum absolute atomic E-state index is 0.116. The summed E-state index contributed by atoms with van der Waals surface area (Å²) < 4.78 is 39.3. The van der Waals surface area contributed by atoms with Crippen LogP contribution < -0.4 is 0 Å². The molecular formula is C54H95O11P. The lowest BCUT2D eigenvalue weighted by atomic mass is 10.1. The van der Waals surface area contributed by atoms with E-state index in [0.717, 1.165) is 96.3 Å². The quantitative estimate of drug-likeness (QED) is 0.0197. The summed E-state index contributed by atoms with van der Waals surface area (Å²) in [5, 5.41) is 9.77. The fourth-order valence-electron chi connectivity index (χ4n) is 6.93. The monoisotopic (exact) mass is 951 g/mol. The Morgan fingerprint density at radius 3 is 1.27 bits per heavy atom. The van der Waals surface area contributed by atoms with Gasteiger partial charge in [0.05, 0.1) is 19.8 Å². The van der Waals surface area contributed by atoms with E-state index in [1.807, 2.05) is 0 Å². The highest BCUT2D eigenvalue weighted by Gasteiger charge is 2.28. The summed E-state index contributed by atoms with van der Waals surface area (Å²) in [6.45, 7) is 4.44. The molecule has 3 atom stereocenters. The first kappa shape index (κ1) is 63.2. The van der Waals surface area contributed by atoms with Crippen molar-refractivity contribution >= 4 is 25.7 Å². The van der Waals surface area contributed by atoms with Crippen molar-refractivity contribution in [3.05, 3.63) is 60.8 Å². The molecule has 382 valence electrons. The number of rotatable bonds is 48. The van der Waals surface area contributed by atoms with Crippen molar-refractivity contribution in [2.24, 2.45) is 0 Å². The molecule has 0 spiro atoms. The molecule has 66 heavy (non-hydrogen) atoms. The summed E-state index contributed by atoms with van der Waals surface area (Å²) in [4.78, 5) is 48.3. The van der Waals surface area contributed by atoms with Gasteiger partial charge in [0.25, 0.3) is 0 Å². The van der Waals surface area contributed by atoms with Crippen LogP contribution in [-0.4, -0.2) is 66.5 Å². The maximum Gasteiger partial charge on any atom is 0.472 e. The second kappa shape index (κ2) is 48.6. The molecule has 2 N–H and O–H groups in total. The Morgan fingerprint density at radius 2 is 0.788 bits per heavy atom. The lowest BCUT2D eigenvalue weighted by Gasteiger charge is -2.21. The fourth-order valence-corrected chi connectivity index (χ4v) is 7.71. The molecule has 0 saturated carbocycles. The van der Waals surface area contributed by atoms with E-state index in [4.69, 9.17) is 23.3 Å². The van der Waals surface area contributed by atoms with E-state index in [2.05, 4.69) is 81.5 Å². The second-order valence-electron chi connectivity index (χ2n) is 17.3. The molecule has 12 heteroatoms. The third-order valence-electron chi connectivity index (χ3n) is 10.9. The summed E-state index contributed by atoms with van der Waals surface area (Å²) in [5.41, 5.74) is 0. The van der Waals surface area contributed by atoms with Gasteiger partial charge in [-0.3, -0.25) is 23.4 Å². The maximum atomic E-state index is 12.8. The third kappa shape index (κ3) is 46.3. The topological polar surface area (TPSA) is 155 Å². The molecule has 0 bridgehead atoms. The van der Waals surface area contributed by atoms with Crippen LogP contribution in [0.5, 0.6) is 0 Å². The Balaban J connectivity index is 4.79. The number of phosphoric acid groups is 1. The van der Waals surface area contributed by atoms with E-state index in [1.54, 1.807) is 0 Å². The number of hydrogen-bond acceptors (Lipinski definition) is 10. The Hall–Kier alpha value is -2.82. The van der Waals surface area contributed by atoms with Crippen molar-refractivity contribution < 1.29 is 52.2 Å². The van der Waals surface area contributed by atoms with Crippen LogP contribution in [0.1, 0.15) is 226 Å². The number of esters is 3. The van der Waals surface area contributed by atoms with Gasteiger partial charge in [0, 0.05) is 19.3 Å². The molecule has 0 fully saturated rings. The van der Waals surface area contributed by atoms with Gasteiger partial charge in [-0.15, -0.1) is 0 Å². The molecule has 0 aliphatic rings. The van der Waals surface area contributed by atoms with Gasteiger partial charge in [-0.2, -0.15) is 0 Å². The van der Waals surface area contributed by atoms with Crippen LogP contribution in [0, 0.1) is 0 Å². The molecule has 0 aliphatic heterocycles. The first-order chi connectivity index (χ1) is 32.2. The van der Waals surface area contributed by atoms with E-state index in [1.165, 1.54) is 70.6 Å². The van der Waals surface area contributed by atoms with Gasteiger partial charge in [0.15, 0.2) is 6.10 Å². The van der Waals surface area contributed by atoms with Crippen molar-refractivity contribution in [3.63, 3.8) is 0 Å². The third-order valence-corrected chi connectivity index (χ3v) is 11.9. The number of carbonyl (C=O) groups excluding carboxylic acids is 3. The summed E-state index contributed by atoms with van der Waals surface area (Å²) in [5.74, 6) is -1.52. The summed E-state index contributed by atoms with van der Waals surface area (Å²) in [6.07, 6.45) is 50.5. The maximum absolute atomic E-state index is 12.8. The van der Waals surface area contributed by atoms with Gasteiger partial charge >= 0.3 is 25.7 Å². The highest BCUT2D eigenvalue weighted by Crippen LogP contribution is 2.43. The molecule has 0 saturated heterocycles. The number of unbranched alkanes of at least 4 members (excludes halogenated alkanes) is 21. The van der Waals surface area contributed by atoms with Gasteiger partial charge in [-0.05, 0) is 83.5 Å². The van der Waals surface area contributed by atoms with Gasteiger partial charge in [0.2, 0.25) is 0 Å². The summed E-state index contributed by atoms with van der Waals surface area (Å²) >= 11 is 0. The Bertz CT molecular complexity index is 1340. The highest BCUT2D eigenvalue weighted by atomic mass is 31.2. The molecule has 0 radical (unpaired) electrons. The van der Waals surface area contributed by atoms with Gasteiger partial charge in [-0.25, -0.2) is 4.57 Å². The first-order valence-electron chi connectivity index (χ1n) is 26.2. The molecule has 0 aromatic carbocycles. The number of ether oxygens (including phenoxy) is 3. The van der Waals surface area contributed by atoms with Crippen LogP contribution in [0.4, 0.5) is 0 Å². The number of hydrogen-bond donors (Lipinski definition) is 2. The van der Waals surface area contributed by atoms with Crippen LogP contribution in [0.3, 0.4) is 0 Å². The Labute approximate surface area is 402 Å². The Morgan fingerprint density at radius 1 is 0.439 bits per heavy atom. The molecule has 3 unspecified atom stereocenters. The highest BCUT2D eigenvalue weighted by molar-refractivity contribution is 7.47. The van der Waals surface area contributed by atoms with Crippen LogP contribution in [0.25, 0.3) is 0 Å². The fraction of sp³-hybridized carbons (Fsp3) is 0.759. The predicted molar refractivity (Wildman–Crippen MR) is 270 cm³/mol. The Kier molecular flexibility index (Phi) is 46.6. The number of allylic oxidation sites excluding steroid dienone is 10. The average Bonchev–Trinajstić information content (AvgIpc) is 3.30. The van der Waals surface area contributed by atoms with Crippen molar-refractivity contribution in [2.75, 3.05) is 26.4 Å². The van der Waals surface area contributed by atoms with Crippen LogP contribution in [0.2, 0.25) is 0 Å². The molecule has 0 amide bonds. The van der Waals surface area contributed by atoms with E-state index >= 15 is 0 Å². The number of aliphatic hydroxyl groups excluding tert-OH is 1. The van der Waals surface area contributed by atoms with Crippen molar-refractivity contribution in [1.82, 2.24) is 0 Å². The zero-order chi connectivity index (χ0) is 48.4. The van der Waals surface area contributed by atoms with Gasteiger partial charge in [-0.1, -0.05) is 184 Å². The molecular weight excluding hydrogens is 856 g/mol. The molecule has 0 heterocycles. The van der Waals surface area contributed by atoms with E-state index in [9.17, 15) is 28.9 Å². The molecule has 0 aromatic heterocycles. The van der Waals surface area contributed by atoms with Crippen molar-refractivity contribution in [2.45, 2.75) is 238 Å². The molecule has 0 aromatic rings. The lowest BCUT2D eigenvalue weighted by Crippen LogP contribution is -2.30.